The van der Waals surface area contributed by atoms with E-state index in [1.54, 1.807) is 72.8 Å². The number of benzene rings is 4. The molecule has 1 atom stereocenters. The molecule has 0 unspecified atom stereocenters. The number of nitrogens with one attached hydrogen (secondary N) is 2. The number of hydrogen-bond acceptors (Lipinski definition) is 7. The van der Waals surface area contributed by atoms with Gasteiger partial charge in [-0.15, -0.1) is 0 Å². The van der Waals surface area contributed by atoms with Crippen molar-refractivity contribution in [1.29, 1.82) is 0 Å². The van der Waals surface area contributed by atoms with E-state index in [2.05, 4.69) is 10.6 Å². The first kappa shape index (κ1) is 30.4. The van der Waals surface area contributed by atoms with Gasteiger partial charge in [0.1, 0.15) is 19.0 Å². The Bertz CT molecular complexity index is 1730. The number of fused-ring (bicyclic) bond motifs is 1. The van der Waals surface area contributed by atoms with Crippen LogP contribution < -0.4 is 24.3 Å². The van der Waals surface area contributed by atoms with Crippen LogP contribution in [0.3, 0.4) is 0 Å². The first-order chi connectivity index (χ1) is 21.4. The van der Waals surface area contributed by atoms with Gasteiger partial charge in [0.05, 0.1) is 5.41 Å². The molecule has 0 saturated carbocycles. The second kappa shape index (κ2) is 14.4. The van der Waals surface area contributed by atoms with Crippen molar-refractivity contribution in [2.24, 2.45) is 0 Å². The lowest BCUT2D eigenvalue weighted by molar-refractivity contribution is 0.0929. The fourth-order valence-electron chi connectivity index (χ4n) is 4.62. The van der Waals surface area contributed by atoms with Gasteiger partial charge in [-0.1, -0.05) is 66.7 Å². The Kier molecular flexibility index (Phi) is 9.93. The first-order valence-electron chi connectivity index (χ1n) is 14.1. The van der Waals surface area contributed by atoms with E-state index in [0.717, 1.165) is 11.0 Å². The SMILES string of the molecule is O=C(NCc1ccccc1C(=O)N[C@H](/C=C/S(=O)(=O)Oc1ccccc1)CCc1ccccc1)c1ccc2c(c1)OCCO2. The zero-order valence-corrected chi connectivity index (χ0v) is 24.7. The molecule has 0 saturated heterocycles. The molecule has 0 aromatic heterocycles. The number of rotatable bonds is 12. The second-order valence-electron chi connectivity index (χ2n) is 10.0. The van der Waals surface area contributed by atoms with E-state index in [0.29, 0.717) is 54.2 Å². The zero-order chi connectivity index (χ0) is 30.8. The molecular weight excluding hydrogens is 580 g/mol. The summed E-state index contributed by atoms with van der Waals surface area (Å²) >= 11 is 0. The third-order valence-corrected chi connectivity index (χ3v) is 7.76. The lowest BCUT2D eigenvalue weighted by atomic mass is 10.0. The van der Waals surface area contributed by atoms with Crippen molar-refractivity contribution in [3.8, 4) is 17.2 Å². The third-order valence-electron chi connectivity index (χ3n) is 6.84. The van der Waals surface area contributed by atoms with Gasteiger partial charge in [-0.25, -0.2) is 0 Å². The molecule has 2 amide bonds. The van der Waals surface area contributed by atoms with Gasteiger partial charge in [-0.2, -0.15) is 8.42 Å². The van der Waals surface area contributed by atoms with Gasteiger partial charge >= 0.3 is 10.1 Å². The summed E-state index contributed by atoms with van der Waals surface area (Å²) in [4.78, 5) is 26.4. The average molecular weight is 613 g/mol. The molecule has 0 spiro atoms. The molecule has 226 valence electrons. The maximum atomic E-state index is 13.5. The molecule has 1 heterocycles. The summed E-state index contributed by atoms with van der Waals surface area (Å²) in [5.41, 5.74) is 2.41. The minimum absolute atomic E-state index is 0.0979. The Morgan fingerprint density at radius 3 is 2.27 bits per heavy atom. The lowest BCUT2D eigenvalue weighted by Gasteiger charge is -2.19. The standard InChI is InChI=1S/C34H32N2O7S/c37-33(26-16-18-31-32(23-26)42-21-20-41-31)35-24-27-11-7-8-14-30(27)34(38)36-28(17-15-25-9-3-1-4-10-25)19-22-44(39,40)43-29-12-5-2-6-13-29/h1-14,16,18-19,22-23,28H,15,17,20-21,24H2,(H,35,37)(H,36,38)/b22-19+/t28-/m0/s1. The van der Waals surface area contributed by atoms with Crippen LogP contribution in [0.2, 0.25) is 0 Å². The van der Waals surface area contributed by atoms with E-state index in [1.165, 1.54) is 6.08 Å². The van der Waals surface area contributed by atoms with Crippen molar-refractivity contribution < 1.29 is 31.7 Å². The van der Waals surface area contributed by atoms with E-state index in [-0.39, 0.29) is 18.2 Å². The minimum Gasteiger partial charge on any atom is -0.486 e. The molecule has 0 bridgehead atoms. The molecule has 1 aliphatic rings. The summed E-state index contributed by atoms with van der Waals surface area (Å²) in [5, 5.41) is 6.77. The maximum absolute atomic E-state index is 13.5. The molecule has 4 aromatic rings. The molecular formula is C34H32N2O7S. The van der Waals surface area contributed by atoms with Gasteiger partial charge in [0.2, 0.25) is 0 Å². The third kappa shape index (κ3) is 8.48. The summed E-state index contributed by atoms with van der Waals surface area (Å²) in [6.07, 6.45) is 2.46. The highest BCUT2D eigenvalue weighted by Crippen LogP contribution is 2.30. The Hall–Kier alpha value is -5.09. The number of aryl methyl sites for hydroxylation is 1. The molecule has 5 rings (SSSR count). The predicted octanol–water partition coefficient (Wildman–Crippen LogP) is 5.04. The van der Waals surface area contributed by atoms with Crippen LogP contribution in [0.15, 0.2) is 115 Å². The topological polar surface area (TPSA) is 120 Å². The summed E-state index contributed by atoms with van der Waals surface area (Å²) in [6, 6.07) is 29.2. The number of hydrogen-bond donors (Lipinski definition) is 2. The second-order valence-corrected chi connectivity index (χ2v) is 11.4. The summed E-state index contributed by atoms with van der Waals surface area (Å²) < 4.78 is 41.6. The largest absolute Gasteiger partial charge is 0.486 e. The molecule has 1 aliphatic heterocycles. The van der Waals surface area contributed by atoms with Crippen molar-refractivity contribution in [2.75, 3.05) is 13.2 Å². The minimum atomic E-state index is -4.07. The fraction of sp³-hybridized carbons (Fsp3) is 0.176. The van der Waals surface area contributed by atoms with Crippen LogP contribution in [0, 0.1) is 0 Å². The van der Waals surface area contributed by atoms with Crippen LogP contribution >= 0.6 is 0 Å². The smallest absolute Gasteiger partial charge is 0.332 e. The normalized spacial score (nSPS) is 13.2. The van der Waals surface area contributed by atoms with Crippen molar-refractivity contribution in [3.63, 3.8) is 0 Å². The van der Waals surface area contributed by atoms with E-state index >= 15 is 0 Å². The Labute approximate surface area is 256 Å². The fourth-order valence-corrected chi connectivity index (χ4v) is 5.43. The molecule has 0 aliphatic carbocycles. The first-order valence-corrected chi connectivity index (χ1v) is 15.6. The quantitative estimate of drug-likeness (QED) is 0.215. The zero-order valence-electron chi connectivity index (χ0n) is 23.8. The predicted molar refractivity (Wildman–Crippen MR) is 166 cm³/mol. The van der Waals surface area contributed by atoms with Gasteiger partial charge in [-0.3, -0.25) is 9.59 Å². The molecule has 9 nitrogen and oxygen atoms in total. The van der Waals surface area contributed by atoms with Crippen LogP contribution in [-0.2, 0) is 23.1 Å². The molecule has 44 heavy (non-hydrogen) atoms. The van der Waals surface area contributed by atoms with E-state index in [1.807, 2.05) is 30.3 Å². The van der Waals surface area contributed by atoms with Gasteiger partial charge in [0.15, 0.2) is 11.5 Å². The monoisotopic (exact) mass is 612 g/mol. The molecule has 0 radical (unpaired) electrons. The van der Waals surface area contributed by atoms with Gasteiger partial charge in [-0.05, 0) is 66.4 Å². The number of ether oxygens (including phenoxy) is 2. The van der Waals surface area contributed by atoms with Crippen LogP contribution in [0.1, 0.15) is 38.3 Å². The van der Waals surface area contributed by atoms with E-state index in [9.17, 15) is 18.0 Å². The number of para-hydroxylation sites is 1. The van der Waals surface area contributed by atoms with Crippen molar-refractivity contribution in [2.45, 2.75) is 25.4 Å². The van der Waals surface area contributed by atoms with E-state index < -0.39 is 22.1 Å². The summed E-state index contributed by atoms with van der Waals surface area (Å²) in [5.74, 6) is 0.552. The molecule has 10 heteroatoms. The Morgan fingerprint density at radius 1 is 0.818 bits per heavy atom. The highest BCUT2D eigenvalue weighted by Gasteiger charge is 2.19. The average Bonchev–Trinajstić information content (AvgIpc) is 3.05. The van der Waals surface area contributed by atoms with Crippen LogP contribution in [-0.4, -0.2) is 39.5 Å². The van der Waals surface area contributed by atoms with Crippen LogP contribution in [0.5, 0.6) is 17.2 Å². The molecule has 2 N–H and O–H groups in total. The Balaban J connectivity index is 1.28. The highest BCUT2D eigenvalue weighted by atomic mass is 32.2. The molecule has 0 fully saturated rings. The summed E-state index contributed by atoms with van der Waals surface area (Å²) in [6.45, 7) is 0.965. The van der Waals surface area contributed by atoms with Crippen LogP contribution in [0.4, 0.5) is 0 Å². The van der Waals surface area contributed by atoms with Gasteiger partial charge < -0.3 is 24.3 Å². The maximum Gasteiger partial charge on any atom is 0.332 e. The van der Waals surface area contributed by atoms with Gasteiger partial charge in [0, 0.05) is 23.7 Å². The lowest BCUT2D eigenvalue weighted by Crippen LogP contribution is -2.35. The van der Waals surface area contributed by atoms with Crippen molar-refractivity contribution >= 4 is 21.9 Å². The van der Waals surface area contributed by atoms with E-state index in [4.69, 9.17) is 13.7 Å². The summed E-state index contributed by atoms with van der Waals surface area (Å²) in [7, 11) is -4.07. The number of amides is 2. The van der Waals surface area contributed by atoms with Crippen molar-refractivity contribution in [1.82, 2.24) is 10.6 Å². The van der Waals surface area contributed by atoms with Gasteiger partial charge in [0.25, 0.3) is 11.8 Å². The number of carbonyl (C=O) groups is 2. The highest BCUT2D eigenvalue weighted by molar-refractivity contribution is 7.90. The number of carbonyl (C=O) groups excluding carboxylic acids is 2. The van der Waals surface area contributed by atoms with Crippen molar-refractivity contribution in [3.05, 3.63) is 137 Å². The van der Waals surface area contributed by atoms with Crippen LogP contribution in [0.25, 0.3) is 0 Å². The Morgan fingerprint density at radius 2 is 1.50 bits per heavy atom. The molecule has 4 aromatic carbocycles.